The molecule has 2 fully saturated rings. The number of thioether (sulfide) groups is 1. The molecule has 0 bridgehead atoms. The number of para-hydroxylation sites is 1. The number of ether oxygens (including phenoxy) is 2. The summed E-state index contributed by atoms with van der Waals surface area (Å²) in [6.45, 7) is 4.57. The highest BCUT2D eigenvalue weighted by atomic mass is 32.2. The van der Waals surface area contributed by atoms with Crippen LogP contribution in [-0.4, -0.2) is 52.7 Å². The smallest absolute Gasteiger partial charge is 0.280 e. The second-order valence-corrected chi connectivity index (χ2v) is 7.68. The Morgan fingerprint density at radius 3 is 2.84 bits per heavy atom. The number of hydrogen-bond donors (Lipinski definition) is 0. The Hall–Kier alpha value is -1.67. The monoisotopic (exact) mass is 374 g/mol. The maximum atomic E-state index is 12.8. The fourth-order valence-corrected chi connectivity index (χ4v) is 4.34. The lowest BCUT2D eigenvalue weighted by Gasteiger charge is -2.33. The summed E-state index contributed by atoms with van der Waals surface area (Å²) in [5, 5.41) is 3.57. The third-order valence-corrected chi connectivity index (χ3v) is 5.64. The van der Waals surface area contributed by atoms with Crippen molar-refractivity contribution in [2.24, 2.45) is 0 Å². The Labute approximate surface area is 156 Å². The van der Waals surface area contributed by atoms with E-state index in [1.165, 1.54) is 11.8 Å². The maximum Gasteiger partial charge on any atom is 0.280 e. The van der Waals surface area contributed by atoms with Crippen molar-refractivity contribution in [1.82, 2.24) is 10.0 Å². The van der Waals surface area contributed by atoms with Gasteiger partial charge in [0.2, 0.25) is 0 Å². The van der Waals surface area contributed by atoms with Crippen LogP contribution in [0.2, 0.25) is 0 Å². The molecule has 1 unspecified atom stereocenters. The molecule has 3 heterocycles. The summed E-state index contributed by atoms with van der Waals surface area (Å²) in [6.07, 6.45) is 3.87. The number of carbonyl (C=O) groups excluding carboxylic acids is 1. The predicted octanol–water partition coefficient (Wildman–Crippen LogP) is 2.84. The van der Waals surface area contributed by atoms with Crippen molar-refractivity contribution < 1.29 is 14.3 Å². The van der Waals surface area contributed by atoms with Crippen molar-refractivity contribution >= 4 is 40.3 Å². The van der Waals surface area contributed by atoms with E-state index in [-0.39, 0.29) is 12.0 Å². The van der Waals surface area contributed by atoms with Gasteiger partial charge in [0.1, 0.15) is 11.9 Å². The molecular weight excluding hydrogens is 356 g/mol. The Bertz CT molecular complexity index is 784. The van der Waals surface area contributed by atoms with Crippen LogP contribution in [0.15, 0.2) is 40.8 Å². The van der Waals surface area contributed by atoms with Crippen LogP contribution in [0.3, 0.4) is 0 Å². The van der Waals surface area contributed by atoms with Crippen LogP contribution >= 0.6 is 24.0 Å². The second-order valence-electron chi connectivity index (χ2n) is 6.00. The minimum Gasteiger partial charge on any atom is -0.485 e. The highest BCUT2D eigenvalue weighted by Crippen LogP contribution is 2.36. The number of amides is 1. The normalized spacial score (nSPS) is 25.8. The highest BCUT2D eigenvalue weighted by molar-refractivity contribution is 8.26. The standard InChI is InChI=1S/C18H18N2O3S2/c1-12-14(10-13-4-2-3-5-15(13)23-12)11-16-17(21)20(18(24)25-16)19-6-8-22-9-7-19/h2-5,10-12H,6-9H2,1H3/b16-11-. The van der Waals surface area contributed by atoms with Gasteiger partial charge in [-0.05, 0) is 30.7 Å². The van der Waals surface area contributed by atoms with Gasteiger partial charge in [-0.1, -0.05) is 42.2 Å². The molecule has 1 aromatic carbocycles. The summed E-state index contributed by atoms with van der Waals surface area (Å²) in [5.74, 6) is 0.803. The fourth-order valence-electron chi connectivity index (χ4n) is 3.03. The summed E-state index contributed by atoms with van der Waals surface area (Å²) < 4.78 is 11.9. The van der Waals surface area contributed by atoms with Gasteiger partial charge in [-0.3, -0.25) is 4.79 Å². The van der Waals surface area contributed by atoms with Crippen molar-refractivity contribution in [2.45, 2.75) is 13.0 Å². The van der Waals surface area contributed by atoms with E-state index in [1.54, 1.807) is 5.01 Å². The Balaban J connectivity index is 1.60. The highest BCUT2D eigenvalue weighted by Gasteiger charge is 2.37. The molecule has 3 aliphatic rings. The zero-order valence-electron chi connectivity index (χ0n) is 13.8. The number of fused-ring (bicyclic) bond motifs is 1. The van der Waals surface area contributed by atoms with Crippen molar-refractivity contribution in [3.05, 3.63) is 46.4 Å². The van der Waals surface area contributed by atoms with Crippen molar-refractivity contribution in [1.29, 1.82) is 0 Å². The molecule has 0 radical (unpaired) electrons. The zero-order chi connectivity index (χ0) is 17.4. The molecule has 2 saturated heterocycles. The summed E-state index contributed by atoms with van der Waals surface area (Å²) in [5.41, 5.74) is 2.00. The van der Waals surface area contributed by atoms with Gasteiger partial charge >= 0.3 is 0 Å². The third-order valence-electron chi connectivity index (χ3n) is 4.36. The zero-order valence-corrected chi connectivity index (χ0v) is 15.4. The number of rotatable bonds is 2. The van der Waals surface area contributed by atoms with Gasteiger partial charge in [0, 0.05) is 18.7 Å². The van der Waals surface area contributed by atoms with Gasteiger partial charge in [0.25, 0.3) is 5.91 Å². The summed E-state index contributed by atoms with van der Waals surface area (Å²) >= 11 is 6.77. The van der Waals surface area contributed by atoms with E-state index >= 15 is 0 Å². The second kappa shape index (κ2) is 6.92. The third kappa shape index (κ3) is 3.25. The van der Waals surface area contributed by atoms with Gasteiger partial charge in [0.05, 0.1) is 18.1 Å². The van der Waals surface area contributed by atoms with Crippen LogP contribution in [0, 0.1) is 0 Å². The molecule has 0 aliphatic carbocycles. The van der Waals surface area contributed by atoms with E-state index in [0.717, 1.165) is 16.9 Å². The molecule has 5 nitrogen and oxygen atoms in total. The first-order valence-corrected chi connectivity index (χ1v) is 9.44. The number of benzene rings is 1. The van der Waals surface area contributed by atoms with Gasteiger partial charge < -0.3 is 9.47 Å². The van der Waals surface area contributed by atoms with Crippen LogP contribution in [0.25, 0.3) is 6.08 Å². The van der Waals surface area contributed by atoms with Gasteiger partial charge in [-0.15, -0.1) is 0 Å². The molecule has 0 spiro atoms. The predicted molar refractivity (Wildman–Crippen MR) is 102 cm³/mol. The van der Waals surface area contributed by atoms with Crippen molar-refractivity contribution in [2.75, 3.05) is 26.3 Å². The molecule has 0 saturated carbocycles. The first kappa shape index (κ1) is 16.8. The molecular formula is C18H18N2O3S2. The Kier molecular flexibility index (Phi) is 4.64. The number of hydrogen-bond acceptors (Lipinski definition) is 6. The van der Waals surface area contributed by atoms with E-state index in [9.17, 15) is 4.79 Å². The van der Waals surface area contributed by atoms with E-state index < -0.39 is 0 Å². The number of morpholine rings is 1. The molecule has 130 valence electrons. The molecule has 7 heteroatoms. The van der Waals surface area contributed by atoms with Gasteiger partial charge in [-0.2, -0.15) is 0 Å². The van der Waals surface area contributed by atoms with E-state index in [2.05, 4.69) is 6.08 Å². The lowest BCUT2D eigenvalue weighted by atomic mass is 10.0. The summed E-state index contributed by atoms with van der Waals surface area (Å²) in [7, 11) is 0. The SMILES string of the molecule is CC1Oc2ccccc2C=C1/C=C1\SC(=S)N(N2CCOCC2)C1=O. The Morgan fingerprint density at radius 2 is 2.04 bits per heavy atom. The van der Waals surface area contributed by atoms with Crippen LogP contribution in [0.1, 0.15) is 12.5 Å². The number of hydrazine groups is 1. The molecule has 0 aromatic heterocycles. The minimum atomic E-state index is -0.109. The van der Waals surface area contributed by atoms with Gasteiger partial charge in [0.15, 0.2) is 4.32 Å². The molecule has 25 heavy (non-hydrogen) atoms. The largest absolute Gasteiger partial charge is 0.485 e. The van der Waals surface area contributed by atoms with Crippen LogP contribution in [0.5, 0.6) is 5.75 Å². The molecule has 1 atom stereocenters. The first-order valence-electron chi connectivity index (χ1n) is 8.21. The van der Waals surface area contributed by atoms with Crippen LogP contribution in [-0.2, 0) is 9.53 Å². The average molecular weight is 374 g/mol. The summed E-state index contributed by atoms with van der Waals surface area (Å²) in [6, 6.07) is 7.90. The quantitative estimate of drug-likeness (QED) is 0.586. The minimum absolute atomic E-state index is 0.0659. The average Bonchev–Trinajstić information content (AvgIpc) is 2.90. The lowest BCUT2D eigenvalue weighted by Crippen LogP contribution is -2.50. The van der Waals surface area contributed by atoms with E-state index in [4.69, 9.17) is 21.7 Å². The number of carbonyl (C=O) groups is 1. The van der Waals surface area contributed by atoms with E-state index in [0.29, 0.717) is 35.5 Å². The first-order chi connectivity index (χ1) is 12.1. The molecule has 0 N–H and O–H groups in total. The topological polar surface area (TPSA) is 42.0 Å². The van der Waals surface area contributed by atoms with Crippen LogP contribution in [0.4, 0.5) is 0 Å². The van der Waals surface area contributed by atoms with Gasteiger partial charge in [-0.25, -0.2) is 10.0 Å². The fraction of sp³-hybridized carbons (Fsp3) is 0.333. The number of nitrogens with zero attached hydrogens (tertiary/aromatic N) is 2. The molecule has 4 rings (SSSR count). The summed E-state index contributed by atoms with van der Waals surface area (Å²) in [4.78, 5) is 13.5. The van der Waals surface area contributed by atoms with Crippen molar-refractivity contribution in [3.63, 3.8) is 0 Å². The van der Waals surface area contributed by atoms with Crippen molar-refractivity contribution in [3.8, 4) is 5.75 Å². The van der Waals surface area contributed by atoms with E-state index in [1.807, 2.05) is 42.3 Å². The number of thiocarbonyl (C=S) groups is 1. The maximum absolute atomic E-state index is 12.8. The lowest BCUT2D eigenvalue weighted by molar-refractivity contribution is -0.138. The van der Waals surface area contributed by atoms with Crippen LogP contribution < -0.4 is 4.74 Å². The molecule has 1 aromatic rings. The molecule has 3 aliphatic heterocycles. The molecule has 1 amide bonds. The Morgan fingerprint density at radius 1 is 1.28 bits per heavy atom.